The van der Waals surface area contributed by atoms with Crippen molar-refractivity contribution in [3.63, 3.8) is 0 Å². The summed E-state index contributed by atoms with van der Waals surface area (Å²) in [6.45, 7) is 1.50. The molecule has 0 saturated carbocycles. The fourth-order valence-corrected chi connectivity index (χ4v) is 3.38. The van der Waals surface area contributed by atoms with E-state index in [2.05, 4.69) is 31.2 Å². The molecule has 1 amide bonds. The predicted molar refractivity (Wildman–Crippen MR) is 110 cm³/mol. The van der Waals surface area contributed by atoms with E-state index in [0.717, 1.165) is 37.3 Å². The highest BCUT2D eigenvalue weighted by atomic mass is 16.1. The van der Waals surface area contributed by atoms with Crippen molar-refractivity contribution in [2.75, 3.05) is 23.3 Å². The van der Waals surface area contributed by atoms with Gasteiger partial charge in [0.15, 0.2) is 5.82 Å². The average Bonchev–Trinajstić information content (AvgIpc) is 2.80. The number of nitrogens with zero attached hydrogens (tertiary/aromatic N) is 5. The first-order valence-electron chi connectivity index (χ1n) is 9.52. The maximum absolute atomic E-state index is 12.6. The normalized spacial score (nSPS) is 14.2. The summed E-state index contributed by atoms with van der Waals surface area (Å²) in [4.78, 5) is 27.8. The van der Waals surface area contributed by atoms with Crippen molar-refractivity contribution in [1.82, 2.24) is 15.0 Å². The number of carbonyl (C=O) groups excluding carboxylic acids is 1. The zero-order valence-corrected chi connectivity index (χ0v) is 15.8. The molecule has 4 rings (SSSR count). The van der Waals surface area contributed by atoms with Crippen LogP contribution in [0.1, 0.15) is 18.4 Å². The van der Waals surface area contributed by atoms with Gasteiger partial charge in [-0.25, -0.2) is 15.0 Å². The minimum absolute atomic E-state index is 0.00602. The Hall–Kier alpha value is -3.79. The molecule has 3 aromatic rings. The maximum atomic E-state index is 12.6. The number of amides is 1. The molecule has 0 bridgehead atoms. The summed E-state index contributed by atoms with van der Waals surface area (Å²) in [6, 6.07) is 15.4. The number of piperidine rings is 1. The maximum Gasteiger partial charge on any atom is 0.227 e. The second kappa shape index (κ2) is 8.48. The highest BCUT2D eigenvalue weighted by Gasteiger charge is 2.25. The van der Waals surface area contributed by atoms with Crippen LogP contribution in [0.2, 0.25) is 0 Å². The summed E-state index contributed by atoms with van der Waals surface area (Å²) in [7, 11) is 0. The van der Waals surface area contributed by atoms with E-state index >= 15 is 0 Å². The molecule has 144 valence electrons. The molecule has 7 nitrogen and oxygen atoms in total. The Balaban J connectivity index is 1.32. The summed E-state index contributed by atoms with van der Waals surface area (Å²) in [6.07, 6.45) is 6.35. The summed E-state index contributed by atoms with van der Waals surface area (Å²) in [5.74, 6) is 1.41. The van der Waals surface area contributed by atoms with Gasteiger partial charge in [0.05, 0.1) is 23.6 Å². The van der Waals surface area contributed by atoms with Crippen LogP contribution < -0.4 is 10.2 Å². The molecule has 0 aliphatic carbocycles. The summed E-state index contributed by atoms with van der Waals surface area (Å²) in [5, 5.41) is 11.8. The highest BCUT2D eigenvalue weighted by Crippen LogP contribution is 2.23. The Bertz CT molecular complexity index is 1000. The molecule has 7 heteroatoms. The third-order valence-corrected chi connectivity index (χ3v) is 5.02. The number of aromatic nitrogens is 3. The molecule has 2 aromatic heterocycles. The number of hydrogen-bond donors (Lipinski definition) is 1. The molecule has 0 radical (unpaired) electrons. The summed E-state index contributed by atoms with van der Waals surface area (Å²) in [5.41, 5.74) is 2.09. The Morgan fingerprint density at radius 3 is 2.34 bits per heavy atom. The number of hydrogen-bond acceptors (Lipinski definition) is 6. The fourth-order valence-electron chi connectivity index (χ4n) is 3.38. The first-order chi connectivity index (χ1) is 14.2. The lowest BCUT2D eigenvalue weighted by atomic mass is 9.96. The SMILES string of the molecule is N#Cc1ccc(N2CCC(C(=O)Nc3cnc(-c4ccccc4)nc3)CC2)nc1. The van der Waals surface area contributed by atoms with Gasteiger partial charge in [-0.2, -0.15) is 5.26 Å². The average molecular weight is 384 g/mol. The number of nitriles is 1. The van der Waals surface area contributed by atoms with E-state index < -0.39 is 0 Å². The number of benzene rings is 1. The van der Waals surface area contributed by atoms with Crippen molar-refractivity contribution in [3.8, 4) is 17.5 Å². The van der Waals surface area contributed by atoms with Crippen LogP contribution in [0.25, 0.3) is 11.4 Å². The van der Waals surface area contributed by atoms with Gasteiger partial charge in [0.2, 0.25) is 5.91 Å². The third kappa shape index (κ3) is 4.38. The molecule has 1 saturated heterocycles. The summed E-state index contributed by atoms with van der Waals surface area (Å²) < 4.78 is 0. The van der Waals surface area contributed by atoms with Gasteiger partial charge in [0.1, 0.15) is 11.9 Å². The second-order valence-electron chi connectivity index (χ2n) is 6.93. The van der Waals surface area contributed by atoms with Crippen LogP contribution in [0.4, 0.5) is 11.5 Å². The second-order valence-corrected chi connectivity index (χ2v) is 6.93. The van der Waals surface area contributed by atoms with Crippen molar-refractivity contribution >= 4 is 17.4 Å². The monoisotopic (exact) mass is 384 g/mol. The standard InChI is InChI=1S/C22H20N6O/c23-12-16-6-7-20(24-13-16)28-10-8-18(9-11-28)22(29)27-19-14-25-21(26-15-19)17-4-2-1-3-5-17/h1-7,13-15,18H,8-11H2,(H,27,29). The van der Waals surface area contributed by atoms with Gasteiger partial charge in [0, 0.05) is 30.8 Å². The molecular weight excluding hydrogens is 364 g/mol. The van der Waals surface area contributed by atoms with E-state index in [0.29, 0.717) is 17.1 Å². The lowest BCUT2D eigenvalue weighted by Crippen LogP contribution is -2.38. The van der Waals surface area contributed by atoms with Gasteiger partial charge in [0.25, 0.3) is 0 Å². The van der Waals surface area contributed by atoms with E-state index in [9.17, 15) is 4.79 Å². The molecule has 1 aliphatic heterocycles. The lowest BCUT2D eigenvalue weighted by molar-refractivity contribution is -0.120. The number of carbonyl (C=O) groups is 1. The summed E-state index contributed by atoms with van der Waals surface area (Å²) >= 11 is 0. The molecule has 1 aromatic carbocycles. The Labute approximate surface area is 169 Å². The molecule has 1 fully saturated rings. The van der Waals surface area contributed by atoms with Crippen molar-refractivity contribution in [2.24, 2.45) is 5.92 Å². The Kier molecular flexibility index (Phi) is 5.43. The smallest absolute Gasteiger partial charge is 0.227 e. The number of rotatable bonds is 4. The van der Waals surface area contributed by atoms with Gasteiger partial charge >= 0.3 is 0 Å². The Morgan fingerprint density at radius 2 is 1.72 bits per heavy atom. The first kappa shape index (κ1) is 18.6. The quantitative estimate of drug-likeness (QED) is 0.742. The minimum atomic E-state index is -0.0570. The van der Waals surface area contributed by atoms with E-state index in [1.54, 1.807) is 24.7 Å². The van der Waals surface area contributed by atoms with Crippen LogP contribution in [-0.2, 0) is 4.79 Å². The third-order valence-electron chi connectivity index (χ3n) is 5.02. The van der Waals surface area contributed by atoms with E-state index in [1.165, 1.54) is 0 Å². The van der Waals surface area contributed by atoms with Gasteiger partial charge in [-0.15, -0.1) is 0 Å². The molecule has 0 spiro atoms. The van der Waals surface area contributed by atoms with Crippen LogP contribution >= 0.6 is 0 Å². The van der Waals surface area contributed by atoms with Crippen molar-refractivity contribution in [1.29, 1.82) is 5.26 Å². The van der Waals surface area contributed by atoms with Crippen molar-refractivity contribution < 1.29 is 4.79 Å². The zero-order valence-electron chi connectivity index (χ0n) is 15.8. The van der Waals surface area contributed by atoms with Gasteiger partial charge in [-0.05, 0) is 25.0 Å². The first-order valence-corrected chi connectivity index (χ1v) is 9.52. The minimum Gasteiger partial charge on any atom is -0.357 e. The molecule has 3 heterocycles. The van der Waals surface area contributed by atoms with Gasteiger partial charge in [-0.3, -0.25) is 4.79 Å². The van der Waals surface area contributed by atoms with E-state index in [-0.39, 0.29) is 11.8 Å². The zero-order chi connectivity index (χ0) is 20.1. The van der Waals surface area contributed by atoms with E-state index in [4.69, 9.17) is 5.26 Å². The molecule has 0 atom stereocenters. The fraction of sp³-hybridized carbons (Fsp3) is 0.227. The lowest BCUT2D eigenvalue weighted by Gasteiger charge is -2.32. The van der Waals surface area contributed by atoms with Crippen molar-refractivity contribution in [2.45, 2.75) is 12.8 Å². The van der Waals surface area contributed by atoms with Gasteiger partial charge < -0.3 is 10.2 Å². The van der Waals surface area contributed by atoms with Crippen LogP contribution in [0.3, 0.4) is 0 Å². The molecule has 0 unspecified atom stereocenters. The van der Waals surface area contributed by atoms with Crippen LogP contribution in [0.5, 0.6) is 0 Å². The number of nitrogens with one attached hydrogen (secondary N) is 1. The highest BCUT2D eigenvalue weighted by molar-refractivity contribution is 5.92. The molecule has 1 aliphatic rings. The largest absolute Gasteiger partial charge is 0.357 e. The predicted octanol–water partition coefficient (Wildman–Crippen LogP) is 3.27. The van der Waals surface area contributed by atoms with Gasteiger partial charge in [-0.1, -0.05) is 30.3 Å². The topological polar surface area (TPSA) is 94.8 Å². The van der Waals surface area contributed by atoms with E-state index in [1.807, 2.05) is 36.4 Å². The van der Waals surface area contributed by atoms with Crippen molar-refractivity contribution in [3.05, 3.63) is 66.6 Å². The van der Waals surface area contributed by atoms with Crippen LogP contribution in [0.15, 0.2) is 61.1 Å². The number of anilines is 2. The molecule has 29 heavy (non-hydrogen) atoms. The molecule has 1 N–H and O–H groups in total. The van der Waals surface area contributed by atoms with Crippen LogP contribution in [-0.4, -0.2) is 33.9 Å². The Morgan fingerprint density at radius 1 is 1.00 bits per heavy atom. The molecular formula is C22H20N6O. The number of pyridine rings is 1. The van der Waals surface area contributed by atoms with Crippen LogP contribution in [0, 0.1) is 17.2 Å².